The van der Waals surface area contributed by atoms with Crippen molar-refractivity contribution in [3.63, 3.8) is 0 Å². The number of hydrogen-bond acceptors (Lipinski definition) is 1. The molecule has 1 radical (unpaired) electrons. The van der Waals surface area contributed by atoms with Crippen LogP contribution in [0.25, 0.3) is 0 Å². The lowest BCUT2D eigenvalue weighted by atomic mass is 10.1. The van der Waals surface area contributed by atoms with Crippen molar-refractivity contribution in [1.29, 1.82) is 0 Å². The first kappa shape index (κ1) is 4.09. The Kier molecular flexibility index (Phi) is 1.08. The summed E-state index contributed by atoms with van der Waals surface area (Å²) >= 11 is 0. The lowest BCUT2D eigenvalue weighted by Gasteiger charge is -2.24. The minimum atomic E-state index is 0.604. The average molecular weight is 85.1 g/mol. The molecule has 1 saturated heterocycles. The van der Waals surface area contributed by atoms with Gasteiger partial charge in [0.25, 0.3) is 0 Å². The van der Waals surface area contributed by atoms with Gasteiger partial charge in [0.05, 0.1) is 0 Å². The molecule has 1 rings (SSSR count). The normalized spacial score (nSPS) is 23.5. The van der Waals surface area contributed by atoms with Crippen LogP contribution < -0.4 is 11.1 Å². The van der Waals surface area contributed by atoms with Gasteiger partial charge in [0.2, 0.25) is 0 Å². The summed E-state index contributed by atoms with van der Waals surface area (Å²) in [5.41, 5.74) is 6.82. The summed E-state index contributed by atoms with van der Waals surface area (Å²) in [7, 11) is 0. The predicted molar refractivity (Wildman–Crippen MR) is 24.3 cm³/mol. The molecule has 0 bridgehead atoms. The van der Waals surface area contributed by atoms with Gasteiger partial charge in [-0.1, -0.05) is 0 Å². The minimum absolute atomic E-state index is 0.604. The summed E-state index contributed by atoms with van der Waals surface area (Å²) in [6.45, 7) is 2.75. The first-order valence-electron chi connectivity index (χ1n) is 2.29. The van der Waals surface area contributed by atoms with Crippen molar-refractivity contribution in [3.05, 3.63) is 0 Å². The van der Waals surface area contributed by atoms with Crippen LogP contribution in [0.5, 0.6) is 0 Å². The Hall–Kier alpha value is -0.0800. The van der Waals surface area contributed by atoms with E-state index in [-0.39, 0.29) is 0 Å². The van der Waals surface area contributed by atoms with Crippen LogP contribution in [0.4, 0.5) is 0 Å². The van der Waals surface area contributed by atoms with Crippen LogP contribution in [0.3, 0.4) is 0 Å². The van der Waals surface area contributed by atoms with E-state index in [9.17, 15) is 0 Å². The highest BCUT2D eigenvalue weighted by molar-refractivity contribution is 4.73. The van der Waals surface area contributed by atoms with E-state index in [1.165, 1.54) is 0 Å². The molecule has 0 aromatic rings. The molecule has 1 heterocycles. The van der Waals surface area contributed by atoms with Gasteiger partial charge in [-0.15, -0.1) is 0 Å². The minimum Gasteiger partial charge on any atom is -0.316 e. The number of rotatable bonds is 1. The Labute approximate surface area is 37.7 Å². The van der Waals surface area contributed by atoms with Gasteiger partial charge in [-0.2, -0.15) is 0 Å². The fraction of sp³-hybridized carbons (Fsp3) is 1.00. The SMILES string of the molecule is [NH]CC1CNC1. The molecule has 2 nitrogen and oxygen atoms in total. The molecule has 0 aromatic carbocycles. The van der Waals surface area contributed by atoms with Crippen LogP contribution in [-0.2, 0) is 0 Å². The fourth-order valence-corrected chi connectivity index (χ4v) is 0.493. The zero-order valence-corrected chi connectivity index (χ0v) is 3.70. The Morgan fingerprint density at radius 3 is 2.33 bits per heavy atom. The molecule has 35 valence electrons. The molecule has 0 spiro atoms. The highest BCUT2D eigenvalue weighted by Gasteiger charge is 2.13. The number of nitrogens with one attached hydrogen (secondary N) is 2. The maximum Gasteiger partial charge on any atom is 0.0152 e. The Morgan fingerprint density at radius 1 is 1.67 bits per heavy atom. The quantitative estimate of drug-likeness (QED) is 0.457. The second-order valence-electron chi connectivity index (χ2n) is 1.73. The summed E-state index contributed by atoms with van der Waals surface area (Å²) in [5, 5.41) is 3.09. The molecule has 0 saturated carbocycles. The summed E-state index contributed by atoms with van der Waals surface area (Å²) < 4.78 is 0. The average Bonchev–Trinajstić information content (AvgIpc) is 1.31. The summed E-state index contributed by atoms with van der Waals surface area (Å²) in [6, 6.07) is 0. The van der Waals surface area contributed by atoms with E-state index < -0.39 is 0 Å². The Morgan fingerprint density at radius 2 is 2.33 bits per heavy atom. The van der Waals surface area contributed by atoms with E-state index >= 15 is 0 Å². The van der Waals surface area contributed by atoms with Crippen molar-refractivity contribution >= 4 is 0 Å². The van der Waals surface area contributed by atoms with Gasteiger partial charge in [-0.25, -0.2) is 0 Å². The molecule has 0 amide bonds. The van der Waals surface area contributed by atoms with Gasteiger partial charge in [0.1, 0.15) is 0 Å². The van der Waals surface area contributed by atoms with Crippen LogP contribution in [0.1, 0.15) is 0 Å². The molecule has 1 aliphatic heterocycles. The molecular weight excluding hydrogens is 76.1 g/mol. The van der Waals surface area contributed by atoms with E-state index in [0.717, 1.165) is 13.1 Å². The molecule has 2 N–H and O–H groups in total. The van der Waals surface area contributed by atoms with Crippen LogP contribution in [0, 0.1) is 5.92 Å². The smallest absolute Gasteiger partial charge is 0.0152 e. The van der Waals surface area contributed by atoms with Gasteiger partial charge >= 0.3 is 0 Å². The molecule has 1 aliphatic rings. The first-order chi connectivity index (χ1) is 2.93. The zero-order chi connectivity index (χ0) is 4.41. The van der Waals surface area contributed by atoms with Crippen molar-refractivity contribution in [1.82, 2.24) is 11.1 Å². The fourth-order valence-electron chi connectivity index (χ4n) is 0.493. The standard InChI is InChI=1S/C4H9N2/c5-1-4-2-6-3-4/h4-6H,1-3H2. The van der Waals surface area contributed by atoms with E-state index in [1.807, 2.05) is 0 Å². The molecule has 0 aliphatic carbocycles. The molecule has 0 aromatic heterocycles. The summed E-state index contributed by atoms with van der Waals surface area (Å²) in [4.78, 5) is 0. The van der Waals surface area contributed by atoms with E-state index in [0.29, 0.717) is 12.5 Å². The second kappa shape index (κ2) is 1.58. The van der Waals surface area contributed by atoms with Crippen molar-refractivity contribution in [2.75, 3.05) is 19.6 Å². The van der Waals surface area contributed by atoms with Crippen molar-refractivity contribution in [2.24, 2.45) is 5.92 Å². The first-order valence-corrected chi connectivity index (χ1v) is 2.29. The van der Waals surface area contributed by atoms with Gasteiger partial charge in [0.15, 0.2) is 0 Å². The lowest BCUT2D eigenvalue weighted by Crippen LogP contribution is -2.44. The third-order valence-electron chi connectivity index (χ3n) is 1.15. The summed E-state index contributed by atoms with van der Waals surface area (Å²) in [5.74, 6) is 0.671. The predicted octanol–water partition coefficient (Wildman–Crippen LogP) is -0.511. The van der Waals surface area contributed by atoms with Gasteiger partial charge < -0.3 is 5.32 Å². The monoisotopic (exact) mass is 85.1 g/mol. The van der Waals surface area contributed by atoms with Crippen molar-refractivity contribution in [3.8, 4) is 0 Å². The molecule has 0 unspecified atom stereocenters. The van der Waals surface area contributed by atoms with Gasteiger partial charge in [-0.05, 0) is 5.92 Å². The highest BCUT2D eigenvalue weighted by Crippen LogP contribution is 1.97. The third kappa shape index (κ3) is 0.533. The molecule has 2 heteroatoms. The van der Waals surface area contributed by atoms with Crippen molar-refractivity contribution in [2.45, 2.75) is 0 Å². The lowest BCUT2D eigenvalue weighted by molar-refractivity contribution is 0.354. The van der Waals surface area contributed by atoms with E-state index in [4.69, 9.17) is 5.73 Å². The van der Waals surface area contributed by atoms with E-state index in [2.05, 4.69) is 5.32 Å². The largest absolute Gasteiger partial charge is 0.316 e. The maximum absolute atomic E-state index is 6.82. The molecule has 6 heavy (non-hydrogen) atoms. The number of hydrogen-bond donors (Lipinski definition) is 1. The Balaban J connectivity index is 2.01. The van der Waals surface area contributed by atoms with Crippen LogP contribution in [0.2, 0.25) is 0 Å². The molecular formula is C4H9N2. The van der Waals surface area contributed by atoms with E-state index in [1.54, 1.807) is 0 Å². The van der Waals surface area contributed by atoms with Gasteiger partial charge in [0, 0.05) is 19.6 Å². The second-order valence-corrected chi connectivity index (χ2v) is 1.73. The zero-order valence-electron chi connectivity index (χ0n) is 3.70. The topological polar surface area (TPSA) is 35.8 Å². The Bertz CT molecular complexity index is 38.1. The van der Waals surface area contributed by atoms with Crippen molar-refractivity contribution < 1.29 is 0 Å². The molecule has 0 atom stereocenters. The van der Waals surface area contributed by atoms with Crippen LogP contribution in [0.15, 0.2) is 0 Å². The third-order valence-corrected chi connectivity index (χ3v) is 1.15. The van der Waals surface area contributed by atoms with Gasteiger partial charge in [-0.3, -0.25) is 5.73 Å². The highest BCUT2D eigenvalue weighted by atomic mass is 15.0. The summed E-state index contributed by atoms with van der Waals surface area (Å²) in [6.07, 6.45) is 0. The van der Waals surface area contributed by atoms with Crippen LogP contribution >= 0.6 is 0 Å². The maximum atomic E-state index is 6.82. The molecule has 1 fully saturated rings. The van der Waals surface area contributed by atoms with Crippen LogP contribution in [-0.4, -0.2) is 19.6 Å².